The molecule has 1 saturated heterocycles. The van der Waals surface area contributed by atoms with Gasteiger partial charge in [-0.2, -0.15) is 0 Å². The number of H-pyrrole nitrogens is 1. The molecule has 0 spiro atoms. The van der Waals surface area contributed by atoms with E-state index in [1.807, 2.05) is 35.5 Å². The van der Waals surface area contributed by atoms with Gasteiger partial charge in [-0.05, 0) is 47.5 Å². The Labute approximate surface area is 221 Å². The standard InChI is InChI=1S/C29H31N5O4/c1-36-26-3-2-23-17-27(26)38-13-10-33(29(35)24-4-5-30-18-24)20-22-14-21(19-32-8-11-37-12-9-32)15-25(16-22)34-7-6-31-28(23)34/h2-7,14-18,30H,8-13,19-20H2,1H3. The van der Waals surface area contributed by atoms with Crippen LogP contribution in [0.1, 0.15) is 21.5 Å². The van der Waals surface area contributed by atoms with Gasteiger partial charge in [0.1, 0.15) is 12.4 Å². The fourth-order valence-corrected chi connectivity index (χ4v) is 5.11. The number of hydrogen-bond donors (Lipinski definition) is 1. The molecule has 1 N–H and O–H groups in total. The molecule has 2 aliphatic heterocycles. The lowest BCUT2D eigenvalue weighted by Gasteiger charge is -2.27. The van der Waals surface area contributed by atoms with Gasteiger partial charge in [0.05, 0.1) is 32.4 Å². The number of benzene rings is 2. The van der Waals surface area contributed by atoms with Crippen molar-refractivity contribution in [1.82, 2.24) is 24.3 Å². The lowest BCUT2D eigenvalue weighted by Crippen LogP contribution is -2.36. The summed E-state index contributed by atoms with van der Waals surface area (Å²) in [5.74, 6) is 2.02. The number of carbonyl (C=O) groups excluding carboxylic acids is 1. The molecular formula is C29H31N5O4. The molecule has 1 fully saturated rings. The molecule has 38 heavy (non-hydrogen) atoms. The van der Waals surface area contributed by atoms with Crippen LogP contribution >= 0.6 is 0 Å². The lowest BCUT2D eigenvalue weighted by atomic mass is 10.1. The Morgan fingerprint density at radius 1 is 1.08 bits per heavy atom. The van der Waals surface area contributed by atoms with Crippen molar-refractivity contribution in [3.05, 3.63) is 83.9 Å². The molecular weight excluding hydrogens is 482 g/mol. The molecule has 4 heterocycles. The Kier molecular flexibility index (Phi) is 6.85. The zero-order valence-electron chi connectivity index (χ0n) is 21.4. The van der Waals surface area contributed by atoms with Gasteiger partial charge in [0.2, 0.25) is 0 Å². The highest BCUT2D eigenvalue weighted by molar-refractivity contribution is 5.94. The van der Waals surface area contributed by atoms with E-state index in [2.05, 4.69) is 37.6 Å². The van der Waals surface area contributed by atoms with E-state index in [-0.39, 0.29) is 5.91 Å². The van der Waals surface area contributed by atoms with Crippen LogP contribution in [0.15, 0.2) is 67.3 Å². The van der Waals surface area contributed by atoms with Crippen LogP contribution in [0, 0.1) is 0 Å². The molecule has 0 unspecified atom stereocenters. The van der Waals surface area contributed by atoms with Crippen LogP contribution in [0.4, 0.5) is 0 Å². The number of aromatic nitrogens is 3. The maximum atomic E-state index is 13.5. The highest BCUT2D eigenvalue weighted by atomic mass is 16.5. The van der Waals surface area contributed by atoms with Gasteiger partial charge in [0.25, 0.3) is 5.91 Å². The second-order valence-electron chi connectivity index (χ2n) is 9.56. The van der Waals surface area contributed by atoms with Crippen LogP contribution in [-0.2, 0) is 17.8 Å². The summed E-state index contributed by atoms with van der Waals surface area (Å²) in [5, 5.41) is 0. The zero-order chi connectivity index (χ0) is 25.9. The molecule has 2 aliphatic rings. The molecule has 1 amide bonds. The Balaban J connectivity index is 1.45. The average Bonchev–Trinajstić information content (AvgIpc) is 3.65. The summed E-state index contributed by atoms with van der Waals surface area (Å²) < 4.78 is 19.4. The number of methoxy groups -OCH3 is 1. The normalized spacial score (nSPS) is 16.0. The maximum absolute atomic E-state index is 13.5. The number of rotatable bonds is 4. The van der Waals surface area contributed by atoms with Crippen LogP contribution in [0.25, 0.3) is 17.1 Å². The van der Waals surface area contributed by atoms with Gasteiger partial charge >= 0.3 is 0 Å². The minimum Gasteiger partial charge on any atom is -0.493 e. The summed E-state index contributed by atoms with van der Waals surface area (Å²) >= 11 is 0. The summed E-state index contributed by atoms with van der Waals surface area (Å²) in [5.41, 5.74) is 4.79. The van der Waals surface area contributed by atoms with E-state index >= 15 is 0 Å². The summed E-state index contributed by atoms with van der Waals surface area (Å²) in [6.07, 6.45) is 7.28. The number of hydrogen-bond acceptors (Lipinski definition) is 6. The van der Waals surface area contributed by atoms with E-state index in [4.69, 9.17) is 14.2 Å². The molecule has 0 atom stereocenters. The van der Waals surface area contributed by atoms with Gasteiger partial charge in [-0.1, -0.05) is 6.07 Å². The highest BCUT2D eigenvalue weighted by Gasteiger charge is 2.21. The number of nitrogens with one attached hydrogen (secondary N) is 1. The van der Waals surface area contributed by atoms with E-state index in [1.165, 1.54) is 5.56 Å². The quantitative estimate of drug-likeness (QED) is 0.448. The fraction of sp³-hybridized carbons (Fsp3) is 0.310. The summed E-state index contributed by atoms with van der Waals surface area (Å²) in [4.78, 5) is 25.4. The van der Waals surface area contributed by atoms with Crippen molar-refractivity contribution >= 4 is 5.91 Å². The molecule has 4 bridgehead atoms. The smallest absolute Gasteiger partial charge is 0.255 e. The number of imidazole rings is 1. The van der Waals surface area contributed by atoms with Gasteiger partial charge < -0.3 is 24.1 Å². The van der Waals surface area contributed by atoms with Crippen LogP contribution in [0.3, 0.4) is 0 Å². The lowest BCUT2D eigenvalue weighted by molar-refractivity contribution is 0.0341. The predicted octanol–water partition coefficient (Wildman–Crippen LogP) is 3.74. The first-order valence-corrected chi connectivity index (χ1v) is 12.9. The molecule has 0 saturated carbocycles. The topological polar surface area (TPSA) is 84.9 Å². The van der Waals surface area contributed by atoms with Crippen molar-refractivity contribution in [2.75, 3.05) is 46.6 Å². The van der Waals surface area contributed by atoms with Crippen molar-refractivity contribution in [3.63, 3.8) is 0 Å². The van der Waals surface area contributed by atoms with Gasteiger partial charge in [-0.3, -0.25) is 14.3 Å². The molecule has 2 aromatic heterocycles. The number of nitrogens with zero attached hydrogens (tertiary/aromatic N) is 4. The second kappa shape index (κ2) is 10.7. The average molecular weight is 514 g/mol. The predicted molar refractivity (Wildman–Crippen MR) is 143 cm³/mol. The number of carbonyl (C=O) groups is 1. The van der Waals surface area contributed by atoms with Crippen LogP contribution in [-0.4, -0.2) is 76.8 Å². The first-order valence-electron chi connectivity index (χ1n) is 12.9. The van der Waals surface area contributed by atoms with E-state index < -0.39 is 0 Å². The molecule has 4 aromatic rings. The zero-order valence-corrected chi connectivity index (χ0v) is 21.4. The number of amides is 1. The number of aromatic amines is 1. The maximum Gasteiger partial charge on any atom is 0.255 e. The van der Waals surface area contributed by atoms with Gasteiger partial charge in [-0.15, -0.1) is 0 Å². The number of morpholine rings is 1. The van der Waals surface area contributed by atoms with Crippen LogP contribution in [0.2, 0.25) is 0 Å². The van der Waals surface area contributed by atoms with Crippen molar-refractivity contribution < 1.29 is 19.0 Å². The number of fused-ring (bicyclic) bond motifs is 7. The van der Waals surface area contributed by atoms with Crippen molar-refractivity contribution in [2.45, 2.75) is 13.1 Å². The highest BCUT2D eigenvalue weighted by Crippen LogP contribution is 2.33. The van der Waals surface area contributed by atoms with Crippen LogP contribution in [0.5, 0.6) is 11.5 Å². The van der Waals surface area contributed by atoms with Crippen molar-refractivity contribution in [1.29, 1.82) is 0 Å². The monoisotopic (exact) mass is 513 g/mol. The van der Waals surface area contributed by atoms with E-state index in [1.54, 1.807) is 25.6 Å². The molecule has 9 nitrogen and oxygen atoms in total. The van der Waals surface area contributed by atoms with Crippen molar-refractivity contribution in [3.8, 4) is 28.6 Å². The largest absolute Gasteiger partial charge is 0.493 e. The first kappa shape index (κ1) is 24.3. The van der Waals surface area contributed by atoms with Gasteiger partial charge in [-0.25, -0.2) is 4.98 Å². The fourth-order valence-electron chi connectivity index (χ4n) is 5.11. The Morgan fingerprint density at radius 2 is 1.97 bits per heavy atom. The third-order valence-corrected chi connectivity index (χ3v) is 7.01. The molecule has 6 rings (SSSR count). The molecule has 9 heteroatoms. The van der Waals surface area contributed by atoms with E-state index in [9.17, 15) is 4.79 Å². The Hall–Kier alpha value is -4.08. The third kappa shape index (κ3) is 5.03. The molecule has 0 aliphatic carbocycles. The van der Waals surface area contributed by atoms with E-state index in [0.29, 0.717) is 36.8 Å². The third-order valence-electron chi connectivity index (χ3n) is 7.01. The molecule has 196 valence electrons. The number of ether oxygens (including phenoxy) is 3. The summed E-state index contributed by atoms with van der Waals surface area (Å²) in [6.45, 7) is 5.31. The molecule has 0 radical (unpaired) electrons. The van der Waals surface area contributed by atoms with Crippen LogP contribution < -0.4 is 9.47 Å². The molecule has 2 aromatic carbocycles. The minimum absolute atomic E-state index is 0.0473. The SMILES string of the molecule is COc1ccc2cc1OCCN(C(=O)c1cc[nH]c1)Cc1cc(CN3CCOCC3)cc(c1)-n1ccnc1-2. The first-order chi connectivity index (χ1) is 18.7. The minimum atomic E-state index is -0.0473. The second-order valence-corrected chi connectivity index (χ2v) is 9.56. The van der Waals surface area contributed by atoms with Gasteiger partial charge in [0, 0.05) is 62.2 Å². The Morgan fingerprint density at radius 3 is 2.79 bits per heavy atom. The summed E-state index contributed by atoms with van der Waals surface area (Å²) in [6, 6.07) is 14.2. The van der Waals surface area contributed by atoms with E-state index in [0.717, 1.165) is 55.5 Å². The van der Waals surface area contributed by atoms with Gasteiger partial charge in [0.15, 0.2) is 11.5 Å². The van der Waals surface area contributed by atoms with Crippen molar-refractivity contribution in [2.24, 2.45) is 0 Å². The summed E-state index contributed by atoms with van der Waals surface area (Å²) in [7, 11) is 1.62. The Bertz CT molecular complexity index is 1410.